The van der Waals surface area contributed by atoms with Crippen molar-refractivity contribution in [3.63, 3.8) is 0 Å². The molecule has 4 heteroatoms. The van der Waals surface area contributed by atoms with Gasteiger partial charge in [-0.3, -0.25) is 0 Å². The van der Waals surface area contributed by atoms with E-state index in [9.17, 15) is 9.90 Å². The molecule has 0 saturated heterocycles. The maximum absolute atomic E-state index is 12.0. The first-order chi connectivity index (χ1) is 9.13. The second-order valence-electron chi connectivity index (χ2n) is 3.93. The number of phenols is 1. The summed E-state index contributed by atoms with van der Waals surface area (Å²) in [7, 11) is 0. The van der Waals surface area contributed by atoms with Gasteiger partial charge in [0.1, 0.15) is 5.75 Å². The molecule has 0 aromatic heterocycles. The lowest BCUT2D eigenvalue weighted by atomic mass is 9.99. The maximum Gasteiger partial charge on any atom is 0.338 e. The zero-order chi connectivity index (χ0) is 13.8. The summed E-state index contributed by atoms with van der Waals surface area (Å²) in [5, 5.41) is 9.55. The minimum absolute atomic E-state index is 0.0406. The van der Waals surface area contributed by atoms with Crippen molar-refractivity contribution >= 4 is 21.9 Å². The average Bonchev–Trinajstić information content (AvgIpc) is 2.40. The van der Waals surface area contributed by atoms with Gasteiger partial charge in [-0.05, 0) is 42.3 Å². The van der Waals surface area contributed by atoms with Gasteiger partial charge in [0.05, 0.1) is 12.2 Å². The molecule has 0 bridgehead atoms. The largest absolute Gasteiger partial charge is 0.508 e. The molecule has 98 valence electrons. The topological polar surface area (TPSA) is 46.5 Å². The van der Waals surface area contributed by atoms with Gasteiger partial charge in [0.25, 0.3) is 0 Å². The van der Waals surface area contributed by atoms with Crippen LogP contribution >= 0.6 is 15.9 Å². The van der Waals surface area contributed by atoms with E-state index in [4.69, 9.17) is 4.74 Å². The summed E-state index contributed by atoms with van der Waals surface area (Å²) in [5.41, 5.74) is 1.96. The third-order valence-corrected chi connectivity index (χ3v) is 3.35. The molecule has 0 spiro atoms. The molecule has 1 N–H and O–H groups in total. The Balaban J connectivity index is 2.57. The van der Waals surface area contributed by atoms with Gasteiger partial charge in [-0.2, -0.15) is 0 Å². The van der Waals surface area contributed by atoms with Gasteiger partial charge in [-0.1, -0.05) is 34.1 Å². The summed E-state index contributed by atoms with van der Waals surface area (Å²) in [6.45, 7) is 2.04. The Morgan fingerprint density at radius 1 is 1.21 bits per heavy atom. The lowest BCUT2D eigenvalue weighted by molar-refractivity contribution is 0.0527. The van der Waals surface area contributed by atoms with Gasteiger partial charge in [-0.15, -0.1) is 0 Å². The predicted octanol–water partition coefficient (Wildman–Crippen LogP) is 4.00. The van der Waals surface area contributed by atoms with Crippen molar-refractivity contribution < 1.29 is 14.6 Å². The Hall–Kier alpha value is -1.81. The van der Waals surface area contributed by atoms with Crippen molar-refractivity contribution in [1.29, 1.82) is 0 Å². The van der Waals surface area contributed by atoms with Crippen LogP contribution in [0.25, 0.3) is 11.1 Å². The number of rotatable bonds is 3. The van der Waals surface area contributed by atoms with E-state index in [1.807, 2.05) is 24.3 Å². The highest BCUT2D eigenvalue weighted by molar-refractivity contribution is 9.10. The second-order valence-corrected chi connectivity index (χ2v) is 4.78. The number of carbonyl (C=O) groups is 1. The number of carbonyl (C=O) groups excluding carboxylic acids is 1. The Bertz CT molecular complexity index is 608. The normalized spacial score (nSPS) is 10.2. The Morgan fingerprint density at radius 3 is 2.63 bits per heavy atom. The first-order valence-corrected chi connectivity index (χ1v) is 6.68. The molecule has 0 amide bonds. The van der Waals surface area contributed by atoms with Crippen molar-refractivity contribution in [2.24, 2.45) is 0 Å². The number of hydrogen-bond acceptors (Lipinski definition) is 3. The molecule has 0 aliphatic rings. The van der Waals surface area contributed by atoms with E-state index in [0.717, 1.165) is 15.6 Å². The van der Waals surface area contributed by atoms with E-state index in [1.54, 1.807) is 19.1 Å². The maximum atomic E-state index is 12.0. The lowest BCUT2D eigenvalue weighted by Crippen LogP contribution is -2.06. The molecule has 2 rings (SSSR count). The number of ether oxygens (including phenoxy) is 1. The van der Waals surface area contributed by atoms with Crippen molar-refractivity contribution in [2.75, 3.05) is 6.61 Å². The molecule has 3 nitrogen and oxygen atoms in total. The molecule has 0 fully saturated rings. The van der Waals surface area contributed by atoms with Crippen LogP contribution in [0.1, 0.15) is 17.3 Å². The van der Waals surface area contributed by atoms with E-state index in [1.165, 1.54) is 6.07 Å². The number of hydrogen-bond donors (Lipinski definition) is 1. The minimum atomic E-state index is -0.441. The molecular weight excluding hydrogens is 308 g/mol. The number of aromatic hydroxyl groups is 1. The number of phenolic OH excluding ortho intramolecular Hbond substituents is 1. The molecule has 0 atom stereocenters. The smallest absolute Gasteiger partial charge is 0.338 e. The second kappa shape index (κ2) is 5.89. The van der Waals surface area contributed by atoms with Gasteiger partial charge in [0.2, 0.25) is 0 Å². The third kappa shape index (κ3) is 2.96. The molecule has 19 heavy (non-hydrogen) atoms. The minimum Gasteiger partial charge on any atom is -0.508 e. The number of halogens is 1. The van der Waals surface area contributed by atoms with E-state index in [-0.39, 0.29) is 5.75 Å². The van der Waals surface area contributed by atoms with Crippen LogP contribution in [0.3, 0.4) is 0 Å². The fourth-order valence-corrected chi connectivity index (χ4v) is 2.32. The van der Waals surface area contributed by atoms with Crippen LogP contribution < -0.4 is 0 Å². The molecule has 2 aromatic carbocycles. The molecule has 0 aliphatic heterocycles. The number of esters is 1. The average molecular weight is 321 g/mol. The monoisotopic (exact) mass is 320 g/mol. The van der Waals surface area contributed by atoms with Crippen molar-refractivity contribution in [1.82, 2.24) is 0 Å². The van der Waals surface area contributed by atoms with Gasteiger partial charge in [-0.25, -0.2) is 4.79 Å². The summed E-state index contributed by atoms with van der Waals surface area (Å²) in [6, 6.07) is 12.3. The Kier molecular flexibility index (Phi) is 4.22. The number of benzene rings is 2. The molecular formula is C15H13BrO3. The lowest BCUT2D eigenvalue weighted by Gasteiger charge is -2.11. The SMILES string of the molecule is CCOC(=O)c1cc(O)ccc1-c1ccccc1Br. The third-order valence-electron chi connectivity index (χ3n) is 2.66. The van der Waals surface area contributed by atoms with Crippen molar-refractivity contribution in [3.8, 4) is 16.9 Å². The summed E-state index contributed by atoms with van der Waals surface area (Å²) in [6.07, 6.45) is 0. The van der Waals surface area contributed by atoms with Gasteiger partial charge in [0, 0.05) is 4.47 Å². The van der Waals surface area contributed by atoms with Gasteiger partial charge < -0.3 is 9.84 Å². The summed E-state index contributed by atoms with van der Waals surface area (Å²) < 4.78 is 5.90. The molecule has 0 aliphatic carbocycles. The fraction of sp³-hybridized carbons (Fsp3) is 0.133. The zero-order valence-electron chi connectivity index (χ0n) is 10.4. The Labute approximate surface area is 120 Å². The van der Waals surface area contributed by atoms with Gasteiger partial charge >= 0.3 is 5.97 Å². The van der Waals surface area contributed by atoms with Crippen molar-refractivity contribution in [3.05, 3.63) is 52.5 Å². The van der Waals surface area contributed by atoms with Gasteiger partial charge in [0.15, 0.2) is 0 Å². The predicted molar refractivity (Wildman–Crippen MR) is 77.2 cm³/mol. The van der Waals surface area contributed by atoms with Crippen LogP contribution in [0.2, 0.25) is 0 Å². The van der Waals surface area contributed by atoms with Crippen molar-refractivity contribution in [2.45, 2.75) is 6.92 Å². The van der Waals surface area contributed by atoms with Crippen LogP contribution in [0.15, 0.2) is 46.9 Å². The zero-order valence-corrected chi connectivity index (χ0v) is 12.0. The molecule has 2 aromatic rings. The molecule has 0 heterocycles. The van der Waals surface area contributed by atoms with E-state index in [2.05, 4.69) is 15.9 Å². The van der Waals surface area contributed by atoms with E-state index >= 15 is 0 Å². The van der Waals surface area contributed by atoms with E-state index < -0.39 is 5.97 Å². The highest BCUT2D eigenvalue weighted by Gasteiger charge is 2.16. The molecule has 0 unspecified atom stereocenters. The molecule has 0 saturated carbocycles. The highest BCUT2D eigenvalue weighted by atomic mass is 79.9. The van der Waals surface area contributed by atoms with Crippen LogP contribution in [-0.2, 0) is 4.74 Å². The summed E-state index contributed by atoms with van der Waals surface area (Å²) in [4.78, 5) is 12.0. The summed E-state index contributed by atoms with van der Waals surface area (Å²) in [5.74, 6) is -0.400. The molecule has 0 radical (unpaired) electrons. The van der Waals surface area contributed by atoms with Crippen LogP contribution in [0.5, 0.6) is 5.75 Å². The first-order valence-electron chi connectivity index (χ1n) is 5.88. The summed E-state index contributed by atoms with van der Waals surface area (Å²) >= 11 is 3.46. The van der Waals surface area contributed by atoms with Crippen LogP contribution in [0.4, 0.5) is 0 Å². The van der Waals surface area contributed by atoms with E-state index in [0.29, 0.717) is 12.2 Å². The van der Waals surface area contributed by atoms with Crippen LogP contribution in [-0.4, -0.2) is 17.7 Å². The highest BCUT2D eigenvalue weighted by Crippen LogP contribution is 2.32. The quantitative estimate of drug-likeness (QED) is 0.869. The fourth-order valence-electron chi connectivity index (χ4n) is 1.82. The first kappa shape index (κ1) is 13.6. The Morgan fingerprint density at radius 2 is 1.95 bits per heavy atom. The van der Waals surface area contributed by atoms with Crippen LogP contribution in [0, 0.1) is 0 Å². The standard InChI is InChI=1S/C15H13BrO3/c1-2-19-15(18)13-9-10(17)7-8-11(13)12-5-3-4-6-14(12)16/h3-9,17H,2H2,1H3.